The van der Waals surface area contributed by atoms with Gasteiger partial charge in [-0.1, -0.05) is 24.4 Å². The number of hydrogen-bond donors (Lipinski definition) is 1. The summed E-state index contributed by atoms with van der Waals surface area (Å²) in [5.41, 5.74) is 1.09. The molecule has 0 aromatic rings. The predicted octanol–water partition coefficient (Wildman–Crippen LogP) is 2.88. The molecule has 96 valence electrons. The summed E-state index contributed by atoms with van der Waals surface area (Å²) < 4.78 is 0. The Labute approximate surface area is 104 Å². The van der Waals surface area contributed by atoms with Crippen LogP contribution in [0.4, 0.5) is 0 Å². The molecular formula is C14H24N2O. The maximum absolute atomic E-state index is 9.27. The van der Waals surface area contributed by atoms with Crippen LogP contribution in [-0.2, 0) is 0 Å². The van der Waals surface area contributed by atoms with E-state index in [1.165, 1.54) is 51.4 Å². The van der Waals surface area contributed by atoms with Crippen molar-refractivity contribution < 1.29 is 5.21 Å². The summed E-state index contributed by atoms with van der Waals surface area (Å²) in [6.07, 6.45) is 10.7. The first-order valence-electron chi connectivity index (χ1n) is 7.25. The maximum atomic E-state index is 9.27. The fourth-order valence-corrected chi connectivity index (χ4v) is 4.45. The molecule has 0 aliphatic heterocycles. The van der Waals surface area contributed by atoms with Crippen molar-refractivity contribution in [2.45, 2.75) is 63.5 Å². The summed E-state index contributed by atoms with van der Waals surface area (Å²) in [6, 6.07) is 1.17. The zero-order valence-electron chi connectivity index (χ0n) is 10.8. The van der Waals surface area contributed by atoms with Gasteiger partial charge in [0.2, 0.25) is 0 Å². The van der Waals surface area contributed by atoms with Gasteiger partial charge in [0.05, 0.1) is 11.8 Å². The Balaban J connectivity index is 1.74. The van der Waals surface area contributed by atoms with Gasteiger partial charge in [0.15, 0.2) is 0 Å². The van der Waals surface area contributed by atoms with Gasteiger partial charge in [0.25, 0.3) is 0 Å². The Morgan fingerprint density at radius 2 is 1.88 bits per heavy atom. The minimum absolute atomic E-state index is 0.446. The van der Waals surface area contributed by atoms with Crippen LogP contribution in [0.3, 0.4) is 0 Å². The van der Waals surface area contributed by atoms with Crippen molar-refractivity contribution in [2.24, 2.45) is 17.0 Å². The molecule has 2 bridgehead atoms. The van der Waals surface area contributed by atoms with Crippen molar-refractivity contribution in [1.29, 1.82) is 0 Å². The SMILES string of the molecule is CN(C1CCCCC1)C1C(=NO)C2CCC1C2. The molecule has 17 heavy (non-hydrogen) atoms. The first-order valence-corrected chi connectivity index (χ1v) is 7.25. The van der Waals surface area contributed by atoms with E-state index in [4.69, 9.17) is 0 Å². The van der Waals surface area contributed by atoms with Gasteiger partial charge < -0.3 is 5.21 Å². The molecule has 0 spiro atoms. The normalized spacial score (nSPS) is 40.6. The first kappa shape index (κ1) is 11.5. The molecule has 3 nitrogen and oxygen atoms in total. The summed E-state index contributed by atoms with van der Waals surface area (Å²) in [4.78, 5) is 2.54. The lowest BCUT2D eigenvalue weighted by atomic mass is 9.88. The molecule has 1 N–H and O–H groups in total. The Morgan fingerprint density at radius 3 is 2.59 bits per heavy atom. The van der Waals surface area contributed by atoms with E-state index in [2.05, 4.69) is 17.1 Å². The van der Waals surface area contributed by atoms with Crippen LogP contribution in [0.25, 0.3) is 0 Å². The molecule has 0 aromatic carbocycles. The van der Waals surface area contributed by atoms with E-state index in [9.17, 15) is 5.21 Å². The van der Waals surface area contributed by atoms with E-state index < -0.39 is 0 Å². The molecule has 3 atom stereocenters. The average Bonchev–Trinajstić information content (AvgIpc) is 2.98. The molecule has 3 saturated carbocycles. The Bertz CT molecular complexity index is 309. The van der Waals surface area contributed by atoms with E-state index in [-0.39, 0.29) is 0 Å². The van der Waals surface area contributed by atoms with Crippen LogP contribution in [-0.4, -0.2) is 35.0 Å². The minimum Gasteiger partial charge on any atom is -0.411 e. The minimum atomic E-state index is 0.446. The maximum Gasteiger partial charge on any atom is 0.0775 e. The highest BCUT2D eigenvalue weighted by Gasteiger charge is 2.48. The number of rotatable bonds is 2. The first-order chi connectivity index (χ1) is 8.31. The second-order valence-corrected chi connectivity index (χ2v) is 6.20. The van der Waals surface area contributed by atoms with Gasteiger partial charge in [-0.15, -0.1) is 0 Å². The van der Waals surface area contributed by atoms with Crippen molar-refractivity contribution >= 4 is 5.71 Å². The summed E-state index contributed by atoms with van der Waals surface area (Å²) in [5.74, 6) is 1.35. The summed E-state index contributed by atoms with van der Waals surface area (Å²) in [5, 5.41) is 12.9. The van der Waals surface area contributed by atoms with Gasteiger partial charge in [-0.3, -0.25) is 4.90 Å². The Hall–Kier alpha value is -0.570. The van der Waals surface area contributed by atoms with Crippen LogP contribution in [0.2, 0.25) is 0 Å². The summed E-state index contributed by atoms with van der Waals surface area (Å²) in [6.45, 7) is 0. The van der Waals surface area contributed by atoms with Crippen LogP contribution in [0.5, 0.6) is 0 Å². The van der Waals surface area contributed by atoms with E-state index in [0.717, 1.165) is 17.7 Å². The predicted molar refractivity (Wildman–Crippen MR) is 68.5 cm³/mol. The van der Waals surface area contributed by atoms with E-state index >= 15 is 0 Å². The molecule has 0 saturated heterocycles. The highest BCUT2D eigenvalue weighted by atomic mass is 16.4. The number of fused-ring (bicyclic) bond motifs is 2. The standard InChI is InChI=1S/C14H24N2O/c1-16(12-5-3-2-4-6-12)14-11-8-7-10(9-11)13(14)15-17/h10-12,14,17H,2-9H2,1H3. The quantitative estimate of drug-likeness (QED) is 0.591. The smallest absolute Gasteiger partial charge is 0.0775 e. The molecule has 0 heterocycles. The van der Waals surface area contributed by atoms with Crippen molar-refractivity contribution in [3.8, 4) is 0 Å². The second kappa shape index (κ2) is 4.60. The molecule has 3 aliphatic rings. The molecule has 0 amide bonds. The van der Waals surface area contributed by atoms with Gasteiger partial charge >= 0.3 is 0 Å². The van der Waals surface area contributed by atoms with Crippen LogP contribution >= 0.6 is 0 Å². The Kier molecular flexibility index (Phi) is 3.12. The molecule has 3 aliphatic carbocycles. The van der Waals surface area contributed by atoms with E-state index in [1.54, 1.807) is 0 Å². The van der Waals surface area contributed by atoms with Crippen LogP contribution in [0.1, 0.15) is 51.4 Å². The number of nitrogens with zero attached hydrogens (tertiary/aromatic N) is 2. The van der Waals surface area contributed by atoms with Gasteiger partial charge in [0, 0.05) is 12.0 Å². The number of oxime groups is 1. The third kappa shape index (κ3) is 1.88. The third-order valence-corrected chi connectivity index (χ3v) is 5.35. The van der Waals surface area contributed by atoms with Gasteiger partial charge in [-0.05, 0) is 45.1 Å². The topological polar surface area (TPSA) is 35.8 Å². The third-order valence-electron chi connectivity index (χ3n) is 5.35. The van der Waals surface area contributed by atoms with Gasteiger partial charge in [0.1, 0.15) is 0 Å². The van der Waals surface area contributed by atoms with Crippen molar-refractivity contribution in [2.75, 3.05) is 7.05 Å². The molecule has 3 unspecified atom stereocenters. The zero-order chi connectivity index (χ0) is 11.8. The van der Waals surface area contributed by atoms with Crippen molar-refractivity contribution in [3.63, 3.8) is 0 Å². The van der Waals surface area contributed by atoms with Crippen molar-refractivity contribution in [3.05, 3.63) is 0 Å². The Morgan fingerprint density at radius 1 is 1.12 bits per heavy atom. The summed E-state index contributed by atoms with van der Waals surface area (Å²) >= 11 is 0. The average molecular weight is 236 g/mol. The fraction of sp³-hybridized carbons (Fsp3) is 0.929. The van der Waals surface area contributed by atoms with Gasteiger partial charge in [-0.25, -0.2) is 0 Å². The fourth-order valence-electron chi connectivity index (χ4n) is 4.45. The molecule has 0 aromatic heterocycles. The summed E-state index contributed by atoms with van der Waals surface area (Å²) in [7, 11) is 2.26. The van der Waals surface area contributed by atoms with Crippen molar-refractivity contribution in [1.82, 2.24) is 4.90 Å². The monoisotopic (exact) mass is 236 g/mol. The second-order valence-electron chi connectivity index (χ2n) is 6.20. The molecule has 3 heteroatoms. The lowest BCUT2D eigenvalue weighted by molar-refractivity contribution is 0.138. The molecule has 3 rings (SSSR count). The van der Waals surface area contributed by atoms with E-state index in [0.29, 0.717) is 12.0 Å². The van der Waals surface area contributed by atoms with Gasteiger partial charge in [-0.2, -0.15) is 0 Å². The van der Waals surface area contributed by atoms with Crippen LogP contribution < -0.4 is 0 Å². The lowest BCUT2D eigenvalue weighted by Crippen LogP contribution is -2.48. The molecular weight excluding hydrogens is 212 g/mol. The molecule has 0 radical (unpaired) electrons. The van der Waals surface area contributed by atoms with E-state index in [1.807, 2.05) is 0 Å². The van der Waals surface area contributed by atoms with Crippen LogP contribution in [0, 0.1) is 11.8 Å². The highest BCUT2D eigenvalue weighted by Crippen LogP contribution is 2.45. The largest absolute Gasteiger partial charge is 0.411 e. The number of hydrogen-bond acceptors (Lipinski definition) is 3. The zero-order valence-corrected chi connectivity index (χ0v) is 10.8. The lowest BCUT2D eigenvalue weighted by Gasteiger charge is -2.39. The van der Waals surface area contributed by atoms with Crippen LogP contribution in [0.15, 0.2) is 5.16 Å². The molecule has 3 fully saturated rings. The highest BCUT2D eigenvalue weighted by molar-refractivity contribution is 5.94.